The predicted octanol–water partition coefficient (Wildman–Crippen LogP) is 3.58. The van der Waals surface area contributed by atoms with Crippen molar-refractivity contribution in [2.24, 2.45) is 0 Å². The van der Waals surface area contributed by atoms with Crippen LogP contribution in [0.5, 0.6) is 5.75 Å². The Balaban J connectivity index is 1.92. The summed E-state index contributed by atoms with van der Waals surface area (Å²) >= 11 is 11.9. The second-order valence-electron chi connectivity index (χ2n) is 4.87. The highest BCUT2D eigenvalue weighted by Crippen LogP contribution is 2.27. The van der Waals surface area contributed by atoms with Gasteiger partial charge in [-0.15, -0.1) is 0 Å². The predicted molar refractivity (Wildman–Crippen MR) is 83.6 cm³/mol. The van der Waals surface area contributed by atoms with E-state index in [0.29, 0.717) is 26.9 Å². The van der Waals surface area contributed by atoms with Crippen molar-refractivity contribution in [1.29, 1.82) is 0 Å². The van der Waals surface area contributed by atoms with Crippen molar-refractivity contribution in [3.8, 4) is 5.75 Å². The Labute approximate surface area is 132 Å². The van der Waals surface area contributed by atoms with E-state index in [1.54, 1.807) is 42.5 Å². The molecule has 0 unspecified atom stereocenters. The first-order valence-corrected chi connectivity index (χ1v) is 7.36. The summed E-state index contributed by atoms with van der Waals surface area (Å²) in [5, 5.41) is 4.27. The van der Waals surface area contributed by atoms with E-state index in [1.165, 1.54) is 0 Å². The summed E-state index contributed by atoms with van der Waals surface area (Å²) in [5.74, 6) is 0.416. The first-order valence-electron chi connectivity index (χ1n) is 6.60. The monoisotopic (exact) mass is 321 g/mol. The van der Waals surface area contributed by atoms with Gasteiger partial charge in [-0.1, -0.05) is 23.2 Å². The van der Waals surface area contributed by atoms with Gasteiger partial charge in [-0.05, 0) is 42.5 Å². The lowest BCUT2D eigenvalue weighted by atomic mass is 10.0. The maximum absolute atomic E-state index is 12.6. The summed E-state index contributed by atoms with van der Waals surface area (Å²) in [5.41, 5.74) is 1.08. The van der Waals surface area contributed by atoms with E-state index in [9.17, 15) is 4.79 Å². The van der Waals surface area contributed by atoms with E-state index in [4.69, 9.17) is 27.9 Å². The highest BCUT2D eigenvalue weighted by Gasteiger charge is 2.22. The second kappa shape index (κ2) is 6.06. The molecule has 21 heavy (non-hydrogen) atoms. The Kier molecular flexibility index (Phi) is 4.15. The zero-order chi connectivity index (χ0) is 14.8. The molecular weight excluding hydrogens is 309 g/mol. The molecule has 1 N–H and O–H groups in total. The molecule has 0 aromatic heterocycles. The Morgan fingerprint density at radius 3 is 2.33 bits per heavy atom. The molecule has 108 valence electrons. The van der Waals surface area contributed by atoms with Crippen molar-refractivity contribution in [3.63, 3.8) is 0 Å². The maximum Gasteiger partial charge on any atom is 0.196 e. The Hall–Kier alpha value is -1.55. The van der Waals surface area contributed by atoms with Crippen LogP contribution in [0.15, 0.2) is 42.5 Å². The molecule has 0 amide bonds. The van der Waals surface area contributed by atoms with Crippen molar-refractivity contribution in [1.82, 2.24) is 5.32 Å². The zero-order valence-electron chi connectivity index (χ0n) is 11.1. The maximum atomic E-state index is 12.6. The van der Waals surface area contributed by atoms with E-state index in [2.05, 4.69) is 5.32 Å². The summed E-state index contributed by atoms with van der Waals surface area (Å²) < 4.78 is 5.83. The number of halogens is 2. The molecule has 0 spiro atoms. The van der Waals surface area contributed by atoms with Crippen molar-refractivity contribution in [2.75, 3.05) is 13.1 Å². The molecule has 0 aliphatic carbocycles. The summed E-state index contributed by atoms with van der Waals surface area (Å²) in [7, 11) is 0. The van der Waals surface area contributed by atoms with Crippen LogP contribution in [-0.4, -0.2) is 25.0 Å². The van der Waals surface area contributed by atoms with Crippen molar-refractivity contribution in [2.45, 2.75) is 6.10 Å². The number of ketones is 1. The molecule has 0 radical (unpaired) electrons. The van der Waals surface area contributed by atoms with E-state index in [-0.39, 0.29) is 11.9 Å². The third-order valence-electron chi connectivity index (χ3n) is 3.33. The Morgan fingerprint density at radius 1 is 1.05 bits per heavy atom. The lowest BCUT2D eigenvalue weighted by molar-refractivity contribution is 0.102. The van der Waals surface area contributed by atoms with E-state index in [0.717, 1.165) is 13.1 Å². The minimum Gasteiger partial charge on any atom is -0.487 e. The first-order chi connectivity index (χ1) is 10.1. The highest BCUT2D eigenvalue weighted by molar-refractivity contribution is 6.31. The Morgan fingerprint density at radius 2 is 1.71 bits per heavy atom. The normalized spacial score (nSPS) is 14.6. The number of rotatable bonds is 4. The number of carbonyl (C=O) groups is 1. The zero-order valence-corrected chi connectivity index (χ0v) is 12.6. The van der Waals surface area contributed by atoms with Crippen LogP contribution in [0, 0.1) is 0 Å². The minimum absolute atomic E-state index is 0.0836. The average Bonchev–Trinajstić information content (AvgIpc) is 2.43. The second-order valence-corrected chi connectivity index (χ2v) is 5.75. The summed E-state index contributed by atoms with van der Waals surface area (Å²) in [4.78, 5) is 12.6. The van der Waals surface area contributed by atoms with Gasteiger partial charge in [0.15, 0.2) is 5.78 Å². The molecule has 5 heteroatoms. The van der Waals surface area contributed by atoms with Crippen LogP contribution in [-0.2, 0) is 0 Å². The van der Waals surface area contributed by atoms with Crippen LogP contribution in [0.3, 0.4) is 0 Å². The quantitative estimate of drug-likeness (QED) is 0.875. The standard InChI is InChI=1S/C16H13Cl2NO2/c17-11-3-1-10(2-4-11)16(20)14-6-5-12(18)7-15(14)21-13-8-19-9-13/h1-7,13,19H,8-9H2. The van der Waals surface area contributed by atoms with Gasteiger partial charge in [-0.2, -0.15) is 0 Å². The lowest BCUT2D eigenvalue weighted by Gasteiger charge is -2.28. The van der Waals surface area contributed by atoms with Crippen LogP contribution >= 0.6 is 23.2 Å². The van der Waals surface area contributed by atoms with Gasteiger partial charge in [-0.25, -0.2) is 0 Å². The topological polar surface area (TPSA) is 38.3 Å². The molecule has 0 saturated carbocycles. The minimum atomic E-state index is -0.106. The van der Waals surface area contributed by atoms with Gasteiger partial charge in [0.05, 0.1) is 5.56 Å². The van der Waals surface area contributed by atoms with Gasteiger partial charge in [0.1, 0.15) is 11.9 Å². The fourth-order valence-electron chi connectivity index (χ4n) is 2.06. The summed E-state index contributed by atoms with van der Waals surface area (Å²) in [6.07, 6.45) is 0.0836. The van der Waals surface area contributed by atoms with Crippen LogP contribution in [0.1, 0.15) is 15.9 Å². The molecule has 0 atom stereocenters. The van der Waals surface area contributed by atoms with E-state index < -0.39 is 0 Å². The molecule has 2 aromatic rings. The molecule has 0 bridgehead atoms. The van der Waals surface area contributed by atoms with Crippen molar-refractivity contribution >= 4 is 29.0 Å². The van der Waals surface area contributed by atoms with Gasteiger partial charge in [-0.3, -0.25) is 4.79 Å². The molecule has 1 heterocycles. The Bertz CT molecular complexity index is 666. The summed E-state index contributed by atoms with van der Waals surface area (Å²) in [6, 6.07) is 11.9. The summed E-state index contributed by atoms with van der Waals surface area (Å²) in [6.45, 7) is 1.56. The lowest BCUT2D eigenvalue weighted by Crippen LogP contribution is -2.50. The molecule has 1 aliphatic heterocycles. The molecule has 3 rings (SSSR count). The third kappa shape index (κ3) is 3.21. The number of benzene rings is 2. The van der Waals surface area contributed by atoms with Crippen molar-refractivity contribution < 1.29 is 9.53 Å². The fourth-order valence-corrected chi connectivity index (χ4v) is 2.35. The number of hydrogen-bond acceptors (Lipinski definition) is 3. The van der Waals surface area contributed by atoms with Crippen molar-refractivity contribution in [3.05, 3.63) is 63.6 Å². The van der Waals surface area contributed by atoms with Crippen LogP contribution in [0.4, 0.5) is 0 Å². The van der Waals surface area contributed by atoms with Gasteiger partial charge >= 0.3 is 0 Å². The molecule has 1 saturated heterocycles. The molecule has 1 aliphatic rings. The molecule has 2 aromatic carbocycles. The largest absolute Gasteiger partial charge is 0.487 e. The van der Waals surface area contributed by atoms with Gasteiger partial charge in [0.2, 0.25) is 0 Å². The number of carbonyl (C=O) groups excluding carboxylic acids is 1. The van der Waals surface area contributed by atoms with Gasteiger partial charge in [0, 0.05) is 28.7 Å². The number of ether oxygens (including phenoxy) is 1. The smallest absolute Gasteiger partial charge is 0.196 e. The molecule has 3 nitrogen and oxygen atoms in total. The van der Waals surface area contributed by atoms with Crippen LogP contribution in [0.25, 0.3) is 0 Å². The van der Waals surface area contributed by atoms with Gasteiger partial charge in [0.25, 0.3) is 0 Å². The average molecular weight is 322 g/mol. The SMILES string of the molecule is O=C(c1ccc(Cl)cc1)c1ccc(Cl)cc1OC1CNC1. The van der Waals surface area contributed by atoms with Crippen LogP contribution in [0.2, 0.25) is 10.0 Å². The number of nitrogens with one attached hydrogen (secondary N) is 1. The van der Waals surface area contributed by atoms with E-state index >= 15 is 0 Å². The van der Waals surface area contributed by atoms with Gasteiger partial charge < -0.3 is 10.1 Å². The van der Waals surface area contributed by atoms with E-state index in [1.807, 2.05) is 0 Å². The number of hydrogen-bond donors (Lipinski definition) is 1. The fraction of sp³-hybridized carbons (Fsp3) is 0.188. The first kappa shape index (κ1) is 14.4. The third-order valence-corrected chi connectivity index (χ3v) is 3.82. The molecular formula is C16H13Cl2NO2. The highest BCUT2D eigenvalue weighted by atomic mass is 35.5. The molecule has 1 fully saturated rings. The van der Waals surface area contributed by atoms with Crippen LogP contribution < -0.4 is 10.1 Å².